The van der Waals surface area contributed by atoms with Gasteiger partial charge in [-0.15, -0.1) is 0 Å². The fraction of sp³-hybridized carbons (Fsp3) is 0.0800. The van der Waals surface area contributed by atoms with Gasteiger partial charge in [0.05, 0.1) is 29.9 Å². The molecule has 0 aliphatic rings. The van der Waals surface area contributed by atoms with Gasteiger partial charge in [-0.05, 0) is 46.3 Å². The van der Waals surface area contributed by atoms with Crippen molar-refractivity contribution in [3.8, 4) is 17.6 Å². The number of nitriles is 1. The van der Waals surface area contributed by atoms with Crippen molar-refractivity contribution in [2.45, 2.75) is 6.61 Å². The molecule has 1 heterocycles. The standard InChI is InChI=1S/C25H17BrN4O6/c1-34-22-10-18(20(26)11-23(22)35-14-16-5-3-2-4-15(16)12-27)13-28-29-25(31)24-9-17-8-19(30(32)33)6-7-21(17)36-24/h2-11,13H,14H2,1H3,(H,29,31)/b28-13-. The smallest absolute Gasteiger partial charge is 0.307 e. The van der Waals surface area contributed by atoms with Crippen molar-refractivity contribution in [1.82, 2.24) is 5.43 Å². The van der Waals surface area contributed by atoms with Crippen LogP contribution in [0.5, 0.6) is 11.5 Å². The van der Waals surface area contributed by atoms with Gasteiger partial charge >= 0.3 is 5.91 Å². The van der Waals surface area contributed by atoms with Crippen LogP contribution >= 0.6 is 15.9 Å². The number of fused-ring (bicyclic) bond motifs is 1. The summed E-state index contributed by atoms with van der Waals surface area (Å²) in [5.74, 6) is 0.221. The lowest BCUT2D eigenvalue weighted by molar-refractivity contribution is -0.384. The van der Waals surface area contributed by atoms with E-state index in [1.807, 2.05) is 12.1 Å². The summed E-state index contributed by atoms with van der Waals surface area (Å²) in [7, 11) is 1.49. The van der Waals surface area contributed by atoms with E-state index in [1.165, 1.54) is 37.6 Å². The first-order valence-corrected chi connectivity index (χ1v) is 11.2. The van der Waals surface area contributed by atoms with E-state index >= 15 is 0 Å². The number of rotatable bonds is 8. The average molecular weight is 549 g/mol. The Bertz CT molecular complexity index is 1540. The van der Waals surface area contributed by atoms with Gasteiger partial charge in [0.25, 0.3) is 5.69 Å². The second-order valence-electron chi connectivity index (χ2n) is 7.37. The Morgan fingerprint density at radius 3 is 2.78 bits per heavy atom. The molecule has 180 valence electrons. The average Bonchev–Trinajstić information content (AvgIpc) is 3.32. The Kier molecular flexibility index (Phi) is 7.27. The highest BCUT2D eigenvalue weighted by molar-refractivity contribution is 9.10. The van der Waals surface area contributed by atoms with Gasteiger partial charge in [0.1, 0.15) is 12.2 Å². The molecule has 4 rings (SSSR count). The highest BCUT2D eigenvalue weighted by Gasteiger charge is 2.15. The summed E-state index contributed by atoms with van der Waals surface area (Å²) in [6, 6.07) is 18.1. The SMILES string of the molecule is COc1cc(/C=N\NC(=O)c2cc3cc([N+](=O)[O-])ccc3o2)c(Br)cc1OCc1ccccc1C#N. The van der Waals surface area contributed by atoms with E-state index in [1.54, 1.807) is 24.3 Å². The number of nitrogens with zero attached hydrogens (tertiary/aromatic N) is 3. The van der Waals surface area contributed by atoms with Gasteiger partial charge in [0.15, 0.2) is 17.3 Å². The predicted octanol–water partition coefficient (Wildman–Crippen LogP) is 5.33. The minimum Gasteiger partial charge on any atom is -0.493 e. The Hall–Kier alpha value is -4.69. The van der Waals surface area contributed by atoms with Gasteiger partial charge < -0.3 is 13.9 Å². The molecular weight excluding hydrogens is 532 g/mol. The third-order valence-electron chi connectivity index (χ3n) is 5.11. The Labute approximate surface area is 213 Å². The summed E-state index contributed by atoms with van der Waals surface area (Å²) in [5, 5.41) is 24.6. The van der Waals surface area contributed by atoms with Crippen LogP contribution in [0.4, 0.5) is 5.69 Å². The summed E-state index contributed by atoms with van der Waals surface area (Å²) >= 11 is 3.45. The van der Waals surface area contributed by atoms with E-state index in [2.05, 4.69) is 32.5 Å². The van der Waals surface area contributed by atoms with E-state index in [9.17, 15) is 20.2 Å². The largest absolute Gasteiger partial charge is 0.493 e. The molecule has 0 fully saturated rings. The summed E-state index contributed by atoms with van der Waals surface area (Å²) in [5.41, 5.74) is 4.47. The number of carbonyl (C=O) groups excluding carboxylic acids is 1. The number of nitrogens with one attached hydrogen (secondary N) is 1. The van der Waals surface area contributed by atoms with Crippen LogP contribution in [-0.4, -0.2) is 24.2 Å². The molecule has 0 saturated heterocycles. The zero-order valence-corrected chi connectivity index (χ0v) is 20.3. The molecule has 0 radical (unpaired) electrons. The molecule has 4 aromatic rings. The zero-order chi connectivity index (χ0) is 25.7. The Balaban J connectivity index is 1.46. The van der Waals surface area contributed by atoms with Crippen LogP contribution in [0.2, 0.25) is 0 Å². The number of methoxy groups -OCH3 is 1. The first-order valence-electron chi connectivity index (χ1n) is 10.4. The molecule has 36 heavy (non-hydrogen) atoms. The van der Waals surface area contributed by atoms with Crippen LogP contribution in [0.3, 0.4) is 0 Å². The third kappa shape index (κ3) is 5.34. The summed E-state index contributed by atoms with van der Waals surface area (Å²) in [6.45, 7) is 0.177. The van der Waals surface area contributed by atoms with Crippen LogP contribution in [0.1, 0.15) is 27.2 Å². The van der Waals surface area contributed by atoms with Crippen molar-refractivity contribution < 1.29 is 23.6 Å². The number of hydrogen-bond donors (Lipinski definition) is 1. The van der Waals surface area contributed by atoms with E-state index in [-0.39, 0.29) is 18.1 Å². The van der Waals surface area contributed by atoms with Gasteiger partial charge in [-0.3, -0.25) is 14.9 Å². The third-order valence-corrected chi connectivity index (χ3v) is 5.79. The molecule has 10 nitrogen and oxygen atoms in total. The molecule has 0 aliphatic heterocycles. The number of furan rings is 1. The molecule has 0 unspecified atom stereocenters. The molecule has 1 aromatic heterocycles. The van der Waals surface area contributed by atoms with Crippen molar-refractivity contribution >= 4 is 44.7 Å². The van der Waals surface area contributed by atoms with Crippen molar-refractivity contribution in [3.63, 3.8) is 0 Å². The molecule has 11 heteroatoms. The highest BCUT2D eigenvalue weighted by Crippen LogP contribution is 2.33. The number of halogens is 1. The second-order valence-corrected chi connectivity index (χ2v) is 8.23. The van der Waals surface area contributed by atoms with Crippen LogP contribution in [0, 0.1) is 21.4 Å². The zero-order valence-electron chi connectivity index (χ0n) is 18.7. The minimum atomic E-state index is -0.621. The number of carbonyl (C=O) groups is 1. The van der Waals surface area contributed by atoms with Crippen LogP contribution in [0.25, 0.3) is 11.0 Å². The maximum absolute atomic E-state index is 12.4. The fourth-order valence-corrected chi connectivity index (χ4v) is 3.73. The maximum atomic E-state index is 12.4. The Morgan fingerprint density at radius 1 is 1.22 bits per heavy atom. The second kappa shape index (κ2) is 10.7. The van der Waals surface area contributed by atoms with Crippen LogP contribution in [0.15, 0.2) is 74.7 Å². The molecule has 0 bridgehead atoms. The highest BCUT2D eigenvalue weighted by atomic mass is 79.9. The molecule has 0 spiro atoms. The first kappa shape index (κ1) is 24.4. The lowest BCUT2D eigenvalue weighted by atomic mass is 10.1. The topological polar surface area (TPSA) is 140 Å². The maximum Gasteiger partial charge on any atom is 0.307 e. The van der Waals surface area contributed by atoms with Crippen LogP contribution in [-0.2, 0) is 6.61 Å². The number of ether oxygens (including phenoxy) is 2. The molecule has 0 aliphatic carbocycles. The lowest BCUT2D eigenvalue weighted by Gasteiger charge is -2.13. The van der Waals surface area contributed by atoms with E-state index in [0.29, 0.717) is 38.1 Å². The van der Waals surface area contributed by atoms with Gasteiger partial charge in [-0.25, -0.2) is 5.43 Å². The molecule has 3 aromatic carbocycles. The molecule has 0 saturated carbocycles. The molecule has 1 amide bonds. The summed E-state index contributed by atoms with van der Waals surface area (Å²) in [4.78, 5) is 22.8. The summed E-state index contributed by atoms with van der Waals surface area (Å²) < 4.78 is 17.4. The van der Waals surface area contributed by atoms with E-state index in [0.717, 1.165) is 5.56 Å². The van der Waals surface area contributed by atoms with Crippen molar-refractivity contribution in [2.75, 3.05) is 7.11 Å². The minimum absolute atomic E-state index is 0.0410. The molecule has 0 atom stereocenters. The Morgan fingerprint density at radius 2 is 2.03 bits per heavy atom. The number of non-ortho nitro benzene ring substituents is 1. The monoisotopic (exact) mass is 548 g/mol. The predicted molar refractivity (Wildman–Crippen MR) is 134 cm³/mol. The lowest BCUT2D eigenvalue weighted by Crippen LogP contribution is -2.16. The summed E-state index contributed by atoms with van der Waals surface area (Å²) in [6.07, 6.45) is 1.41. The van der Waals surface area contributed by atoms with Crippen LogP contribution < -0.4 is 14.9 Å². The van der Waals surface area contributed by atoms with Gasteiger partial charge in [-0.2, -0.15) is 10.4 Å². The van der Waals surface area contributed by atoms with Crippen molar-refractivity contribution in [3.05, 3.63) is 97.7 Å². The van der Waals surface area contributed by atoms with E-state index in [4.69, 9.17) is 13.9 Å². The molecule has 1 N–H and O–H groups in total. The van der Waals surface area contributed by atoms with Gasteiger partial charge in [-0.1, -0.05) is 18.2 Å². The molecular formula is C25H17BrN4O6. The number of nitro groups is 1. The van der Waals surface area contributed by atoms with Crippen molar-refractivity contribution in [2.24, 2.45) is 5.10 Å². The van der Waals surface area contributed by atoms with Crippen molar-refractivity contribution in [1.29, 1.82) is 5.26 Å². The number of amides is 1. The quantitative estimate of drug-likeness (QED) is 0.178. The normalized spacial score (nSPS) is 10.8. The number of benzene rings is 3. The first-order chi connectivity index (χ1) is 17.4. The van der Waals surface area contributed by atoms with Gasteiger partial charge in [0, 0.05) is 33.1 Å². The van der Waals surface area contributed by atoms with Gasteiger partial charge in [0.2, 0.25) is 0 Å². The number of nitro benzene ring substituents is 1. The number of hydrogen-bond acceptors (Lipinski definition) is 8. The fourth-order valence-electron chi connectivity index (χ4n) is 3.30. The van der Waals surface area contributed by atoms with E-state index < -0.39 is 10.8 Å². The number of hydrazone groups is 1.